The summed E-state index contributed by atoms with van der Waals surface area (Å²) in [5.74, 6) is 0.699. The van der Waals surface area contributed by atoms with Crippen molar-refractivity contribution in [2.45, 2.75) is 44.4 Å². The van der Waals surface area contributed by atoms with Crippen molar-refractivity contribution in [3.8, 4) is 0 Å². The number of ether oxygens (including phenoxy) is 2. The number of halogens is 1. The van der Waals surface area contributed by atoms with Crippen LogP contribution in [0.4, 0.5) is 10.2 Å². The molecule has 4 rings (SSSR count). The van der Waals surface area contributed by atoms with Crippen molar-refractivity contribution in [3.05, 3.63) is 12.7 Å². The number of nitrogens with zero attached hydrogens (tertiary/aromatic N) is 5. The van der Waals surface area contributed by atoms with Crippen LogP contribution in [0.25, 0.3) is 11.2 Å². The molecule has 2 unspecified atom stereocenters. The molecule has 0 aliphatic carbocycles. The standard InChI is InChI=1S/C16H22FN5O3/c1-10-16(3,23)15(2,17)14(25-10)22-9-20-11-12(18-8-19-13(11)22)21-4-6-24-7-5-21/h8-10,14,23H,4-7H2,1-3H3/t10-,14?,15+,16?/m1/s1. The molecule has 9 heteroatoms. The van der Waals surface area contributed by atoms with Crippen molar-refractivity contribution in [3.63, 3.8) is 0 Å². The summed E-state index contributed by atoms with van der Waals surface area (Å²) in [5, 5.41) is 10.5. The van der Waals surface area contributed by atoms with Gasteiger partial charge in [-0.3, -0.25) is 4.57 Å². The molecule has 1 N–H and O–H groups in total. The third-order valence-electron chi connectivity index (χ3n) is 5.48. The number of aliphatic hydroxyl groups is 1. The minimum atomic E-state index is -2.00. The maximum Gasteiger partial charge on any atom is 0.183 e. The van der Waals surface area contributed by atoms with Crippen molar-refractivity contribution in [1.29, 1.82) is 0 Å². The van der Waals surface area contributed by atoms with Crippen LogP contribution in [-0.4, -0.2) is 68.3 Å². The SMILES string of the molecule is C[C@H]1OC(n2cnc3c(N4CCOCC4)ncnc32)[C@](C)(F)C1(C)O. The van der Waals surface area contributed by atoms with E-state index in [9.17, 15) is 5.11 Å². The molecular weight excluding hydrogens is 329 g/mol. The molecule has 0 bridgehead atoms. The van der Waals surface area contributed by atoms with E-state index in [2.05, 4.69) is 19.9 Å². The van der Waals surface area contributed by atoms with Gasteiger partial charge in [0.25, 0.3) is 0 Å². The van der Waals surface area contributed by atoms with Crippen LogP contribution in [0.2, 0.25) is 0 Å². The average Bonchev–Trinajstić information content (AvgIpc) is 3.09. The molecule has 2 saturated heterocycles. The first-order chi connectivity index (χ1) is 11.8. The van der Waals surface area contributed by atoms with E-state index in [0.717, 1.165) is 0 Å². The van der Waals surface area contributed by atoms with E-state index in [0.29, 0.717) is 43.3 Å². The Bertz CT molecular complexity index is 787. The molecule has 2 aromatic rings. The molecule has 4 heterocycles. The van der Waals surface area contributed by atoms with Gasteiger partial charge in [0, 0.05) is 13.1 Å². The quantitative estimate of drug-likeness (QED) is 0.866. The second kappa shape index (κ2) is 5.58. The first kappa shape index (κ1) is 16.6. The Morgan fingerprint density at radius 3 is 2.60 bits per heavy atom. The smallest absolute Gasteiger partial charge is 0.183 e. The van der Waals surface area contributed by atoms with Crippen molar-refractivity contribution in [1.82, 2.24) is 19.5 Å². The van der Waals surface area contributed by atoms with Gasteiger partial charge in [-0.25, -0.2) is 19.3 Å². The fourth-order valence-electron chi connectivity index (χ4n) is 3.45. The summed E-state index contributed by atoms with van der Waals surface area (Å²) in [6, 6.07) is 0. The van der Waals surface area contributed by atoms with E-state index >= 15 is 4.39 Å². The maximum absolute atomic E-state index is 15.4. The van der Waals surface area contributed by atoms with Gasteiger partial charge in [-0.1, -0.05) is 0 Å². The van der Waals surface area contributed by atoms with Crippen LogP contribution in [0, 0.1) is 0 Å². The number of hydrogen-bond donors (Lipinski definition) is 1. The van der Waals surface area contributed by atoms with Crippen LogP contribution in [0.1, 0.15) is 27.0 Å². The Hall–Kier alpha value is -1.84. The predicted octanol–water partition coefficient (Wildman–Crippen LogP) is 1.06. The summed E-state index contributed by atoms with van der Waals surface area (Å²) in [6.07, 6.45) is 1.26. The first-order valence-corrected chi connectivity index (χ1v) is 8.41. The van der Waals surface area contributed by atoms with Crippen molar-refractivity contribution >= 4 is 17.0 Å². The Morgan fingerprint density at radius 2 is 1.96 bits per heavy atom. The van der Waals surface area contributed by atoms with Gasteiger partial charge in [0.15, 0.2) is 28.9 Å². The molecule has 136 valence electrons. The number of imidazole rings is 1. The highest BCUT2D eigenvalue weighted by Gasteiger charge is 2.61. The van der Waals surface area contributed by atoms with E-state index in [4.69, 9.17) is 9.47 Å². The summed E-state index contributed by atoms with van der Waals surface area (Å²) >= 11 is 0. The number of fused-ring (bicyclic) bond motifs is 1. The molecule has 4 atom stereocenters. The highest BCUT2D eigenvalue weighted by atomic mass is 19.1. The Balaban J connectivity index is 1.77. The molecule has 0 radical (unpaired) electrons. The highest BCUT2D eigenvalue weighted by Crippen LogP contribution is 2.48. The van der Waals surface area contributed by atoms with Crippen molar-refractivity contribution < 1.29 is 19.0 Å². The molecule has 8 nitrogen and oxygen atoms in total. The number of anilines is 1. The number of alkyl halides is 1. The zero-order valence-corrected chi connectivity index (χ0v) is 14.5. The van der Waals surface area contributed by atoms with Gasteiger partial charge in [-0.2, -0.15) is 0 Å². The Labute approximate surface area is 144 Å². The Kier molecular flexibility index (Phi) is 3.71. The predicted molar refractivity (Wildman–Crippen MR) is 88.1 cm³/mol. The monoisotopic (exact) mass is 351 g/mol. The third kappa shape index (κ3) is 2.33. The molecule has 0 aromatic carbocycles. The van der Waals surface area contributed by atoms with Crippen molar-refractivity contribution in [2.75, 3.05) is 31.2 Å². The fraction of sp³-hybridized carbons (Fsp3) is 0.688. The van der Waals surface area contributed by atoms with Crippen LogP contribution >= 0.6 is 0 Å². The molecule has 2 aliphatic rings. The van der Waals surface area contributed by atoms with Gasteiger partial charge in [-0.05, 0) is 20.8 Å². The number of rotatable bonds is 2. The van der Waals surface area contributed by atoms with E-state index in [1.165, 1.54) is 26.5 Å². The molecular formula is C16H22FN5O3. The van der Waals surface area contributed by atoms with Crippen LogP contribution in [-0.2, 0) is 9.47 Å². The highest BCUT2D eigenvalue weighted by molar-refractivity contribution is 5.83. The van der Waals surface area contributed by atoms with E-state index in [1.807, 2.05) is 0 Å². The minimum absolute atomic E-state index is 0.482. The zero-order chi connectivity index (χ0) is 17.8. The van der Waals surface area contributed by atoms with Crippen LogP contribution in [0.15, 0.2) is 12.7 Å². The summed E-state index contributed by atoms with van der Waals surface area (Å²) in [6.45, 7) is 7.13. The minimum Gasteiger partial charge on any atom is -0.384 e. The van der Waals surface area contributed by atoms with Gasteiger partial charge in [0.1, 0.15) is 11.9 Å². The molecule has 25 heavy (non-hydrogen) atoms. The fourth-order valence-corrected chi connectivity index (χ4v) is 3.45. The summed E-state index contributed by atoms with van der Waals surface area (Å²) < 4.78 is 28.0. The lowest BCUT2D eigenvalue weighted by Crippen LogP contribution is -2.50. The number of aromatic nitrogens is 4. The van der Waals surface area contributed by atoms with Crippen LogP contribution < -0.4 is 4.90 Å². The topological polar surface area (TPSA) is 85.5 Å². The molecule has 0 spiro atoms. The molecule has 2 aromatic heterocycles. The van der Waals surface area contributed by atoms with Gasteiger partial charge in [0.05, 0.1) is 25.6 Å². The number of morpholine rings is 1. The summed E-state index contributed by atoms with van der Waals surface area (Å²) in [7, 11) is 0. The molecule has 0 saturated carbocycles. The lowest BCUT2D eigenvalue weighted by Gasteiger charge is -2.32. The summed E-state index contributed by atoms with van der Waals surface area (Å²) in [4.78, 5) is 15.1. The normalized spacial score (nSPS) is 36.3. The average molecular weight is 351 g/mol. The lowest BCUT2D eigenvalue weighted by atomic mass is 9.85. The van der Waals surface area contributed by atoms with E-state index < -0.39 is 23.6 Å². The maximum atomic E-state index is 15.4. The van der Waals surface area contributed by atoms with E-state index in [-0.39, 0.29) is 0 Å². The largest absolute Gasteiger partial charge is 0.384 e. The van der Waals surface area contributed by atoms with E-state index in [1.54, 1.807) is 11.5 Å². The second-order valence-corrected chi connectivity index (χ2v) is 6.97. The summed E-state index contributed by atoms with van der Waals surface area (Å²) in [5.41, 5.74) is -2.54. The molecule has 2 fully saturated rings. The number of hydrogen-bond acceptors (Lipinski definition) is 7. The molecule has 2 aliphatic heterocycles. The van der Waals surface area contributed by atoms with Crippen LogP contribution in [0.5, 0.6) is 0 Å². The van der Waals surface area contributed by atoms with Crippen molar-refractivity contribution in [2.24, 2.45) is 0 Å². The van der Waals surface area contributed by atoms with Gasteiger partial charge >= 0.3 is 0 Å². The zero-order valence-electron chi connectivity index (χ0n) is 14.5. The second-order valence-electron chi connectivity index (χ2n) is 6.97. The Morgan fingerprint density at radius 1 is 1.24 bits per heavy atom. The molecule has 0 amide bonds. The third-order valence-corrected chi connectivity index (χ3v) is 5.48. The first-order valence-electron chi connectivity index (χ1n) is 8.41. The van der Waals surface area contributed by atoms with Crippen LogP contribution in [0.3, 0.4) is 0 Å². The van der Waals surface area contributed by atoms with Gasteiger partial charge < -0.3 is 19.5 Å². The van der Waals surface area contributed by atoms with Gasteiger partial charge in [0.2, 0.25) is 0 Å². The lowest BCUT2D eigenvalue weighted by molar-refractivity contribution is -0.0775. The van der Waals surface area contributed by atoms with Gasteiger partial charge in [-0.15, -0.1) is 0 Å².